The fourth-order valence-corrected chi connectivity index (χ4v) is 4.31. The lowest BCUT2D eigenvalue weighted by molar-refractivity contribution is -0.144. The van der Waals surface area contributed by atoms with Gasteiger partial charge in [0.05, 0.1) is 31.2 Å². The van der Waals surface area contributed by atoms with Crippen LogP contribution in [-0.2, 0) is 20.7 Å². The maximum absolute atomic E-state index is 12.5. The first-order valence-corrected chi connectivity index (χ1v) is 12.5. The van der Waals surface area contributed by atoms with E-state index in [1.165, 1.54) is 6.33 Å². The van der Waals surface area contributed by atoms with Crippen LogP contribution in [0.1, 0.15) is 11.1 Å². The topological polar surface area (TPSA) is 138 Å². The lowest BCUT2D eigenvalue weighted by Crippen LogP contribution is -2.44. The number of morpholine rings is 1. The van der Waals surface area contributed by atoms with Crippen molar-refractivity contribution in [2.45, 2.75) is 19.4 Å². The minimum Gasteiger partial charge on any atom is -0.464 e. The highest BCUT2D eigenvalue weighted by Gasteiger charge is 2.16. The van der Waals surface area contributed by atoms with E-state index in [4.69, 9.17) is 14.2 Å². The van der Waals surface area contributed by atoms with Crippen molar-refractivity contribution in [3.63, 3.8) is 0 Å². The van der Waals surface area contributed by atoms with Gasteiger partial charge in [0.15, 0.2) is 5.65 Å². The Morgan fingerprint density at radius 1 is 1.15 bits per heavy atom. The van der Waals surface area contributed by atoms with Gasteiger partial charge in [0, 0.05) is 23.7 Å². The molecule has 6 rings (SSSR count). The number of ether oxygens (including phenoxy) is 3. The van der Waals surface area contributed by atoms with Crippen LogP contribution in [0.4, 0.5) is 11.5 Å². The predicted molar refractivity (Wildman–Crippen MR) is 142 cm³/mol. The Balaban J connectivity index is 1.15. The van der Waals surface area contributed by atoms with Crippen LogP contribution in [0.2, 0.25) is 0 Å². The van der Waals surface area contributed by atoms with E-state index < -0.39 is 0 Å². The number of aromatic nitrogens is 6. The standard InChI is InChI=1S/C27H26N8O4/c1-17-8-19(3-5-23(17)39-25-11-24-34-32-16-35(24)15-31-25)33-27-21-9-18(2-4-22(21)29-14-30-27)10-26(36)38-13-20-12-37-7-6-28-20/h2-5,8-9,11,14-16,20,28H,6-7,10,12-13H2,1H3,(H,29,30,33)/t20-/m0/s1. The van der Waals surface area contributed by atoms with E-state index in [9.17, 15) is 4.79 Å². The molecule has 0 spiro atoms. The lowest BCUT2D eigenvalue weighted by atomic mass is 10.1. The van der Waals surface area contributed by atoms with Gasteiger partial charge in [-0.3, -0.25) is 9.20 Å². The molecule has 2 aromatic carbocycles. The van der Waals surface area contributed by atoms with E-state index in [0.29, 0.717) is 36.3 Å². The summed E-state index contributed by atoms with van der Waals surface area (Å²) in [7, 11) is 0. The zero-order valence-corrected chi connectivity index (χ0v) is 21.2. The Hall–Kier alpha value is -4.68. The molecule has 12 nitrogen and oxygen atoms in total. The highest BCUT2D eigenvalue weighted by atomic mass is 16.5. The van der Waals surface area contributed by atoms with Crippen LogP contribution in [0.25, 0.3) is 16.6 Å². The number of fused-ring (bicyclic) bond motifs is 2. The fourth-order valence-electron chi connectivity index (χ4n) is 4.31. The van der Waals surface area contributed by atoms with Crippen LogP contribution in [0, 0.1) is 6.92 Å². The number of carbonyl (C=O) groups excluding carboxylic acids is 1. The first-order chi connectivity index (χ1) is 19.1. The van der Waals surface area contributed by atoms with Gasteiger partial charge in [0.2, 0.25) is 5.88 Å². The summed E-state index contributed by atoms with van der Waals surface area (Å²) < 4.78 is 18.5. The van der Waals surface area contributed by atoms with Crippen molar-refractivity contribution in [3.8, 4) is 11.6 Å². The number of nitrogens with one attached hydrogen (secondary N) is 2. The van der Waals surface area contributed by atoms with Crippen LogP contribution < -0.4 is 15.4 Å². The predicted octanol–water partition coefficient (Wildman–Crippen LogP) is 2.99. The van der Waals surface area contributed by atoms with Gasteiger partial charge >= 0.3 is 5.97 Å². The molecule has 0 amide bonds. The number of esters is 1. The number of nitrogens with zero attached hydrogens (tertiary/aromatic N) is 6. The largest absolute Gasteiger partial charge is 0.464 e. The van der Waals surface area contributed by atoms with Gasteiger partial charge in [0.1, 0.15) is 37.2 Å². The first kappa shape index (κ1) is 24.6. The second kappa shape index (κ2) is 11.0. The van der Waals surface area contributed by atoms with E-state index in [1.54, 1.807) is 23.1 Å². The molecule has 0 bridgehead atoms. The zero-order valence-electron chi connectivity index (χ0n) is 21.2. The second-order valence-corrected chi connectivity index (χ2v) is 9.19. The average Bonchev–Trinajstić information content (AvgIpc) is 3.42. The number of anilines is 2. The third-order valence-corrected chi connectivity index (χ3v) is 6.31. The number of aryl methyl sites for hydroxylation is 1. The normalized spacial score (nSPS) is 15.4. The van der Waals surface area contributed by atoms with Crippen molar-refractivity contribution < 1.29 is 19.0 Å². The molecule has 5 aromatic rings. The molecule has 1 aliphatic heterocycles. The van der Waals surface area contributed by atoms with Crippen molar-refractivity contribution in [1.29, 1.82) is 0 Å². The Bertz CT molecular complexity index is 1630. The zero-order chi connectivity index (χ0) is 26.6. The smallest absolute Gasteiger partial charge is 0.310 e. The summed E-state index contributed by atoms with van der Waals surface area (Å²) in [5.74, 6) is 1.43. The highest BCUT2D eigenvalue weighted by Crippen LogP contribution is 2.29. The molecule has 12 heteroatoms. The molecule has 1 atom stereocenters. The second-order valence-electron chi connectivity index (χ2n) is 9.19. The van der Waals surface area contributed by atoms with Crippen molar-refractivity contribution in [1.82, 2.24) is 34.9 Å². The van der Waals surface area contributed by atoms with E-state index >= 15 is 0 Å². The van der Waals surface area contributed by atoms with Crippen LogP contribution in [-0.4, -0.2) is 67.9 Å². The molecule has 2 N–H and O–H groups in total. The number of hydrogen-bond acceptors (Lipinski definition) is 11. The van der Waals surface area contributed by atoms with Gasteiger partial charge in [-0.15, -0.1) is 10.2 Å². The highest BCUT2D eigenvalue weighted by molar-refractivity contribution is 5.91. The SMILES string of the molecule is Cc1cc(Nc2ncnc3ccc(CC(=O)OC[C@@H]4COCCN4)cc23)ccc1Oc1cc2nncn2cn1. The quantitative estimate of drug-likeness (QED) is 0.289. The van der Waals surface area contributed by atoms with E-state index in [-0.39, 0.29) is 25.0 Å². The molecule has 0 saturated carbocycles. The summed E-state index contributed by atoms with van der Waals surface area (Å²) in [5.41, 5.74) is 3.96. The molecule has 1 aliphatic rings. The van der Waals surface area contributed by atoms with Gasteiger partial charge < -0.3 is 24.8 Å². The first-order valence-electron chi connectivity index (χ1n) is 12.5. The molecule has 198 valence electrons. The molecular weight excluding hydrogens is 500 g/mol. The van der Waals surface area contributed by atoms with Crippen LogP contribution in [0.5, 0.6) is 11.6 Å². The van der Waals surface area contributed by atoms with E-state index in [1.807, 2.05) is 43.3 Å². The Morgan fingerprint density at radius 2 is 2.10 bits per heavy atom. The van der Waals surface area contributed by atoms with Gasteiger partial charge in [-0.05, 0) is 48.4 Å². The summed E-state index contributed by atoms with van der Waals surface area (Å²) >= 11 is 0. The maximum Gasteiger partial charge on any atom is 0.310 e. The van der Waals surface area contributed by atoms with Crippen molar-refractivity contribution in [3.05, 3.63) is 72.6 Å². The minimum atomic E-state index is -0.294. The maximum atomic E-state index is 12.5. The molecule has 1 saturated heterocycles. The number of hydrogen-bond donors (Lipinski definition) is 2. The molecule has 0 unspecified atom stereocenters. The summed E-state index contributed by atoms with van der Waals surface area (Å²) in [6.45, 7) is 4.21. The summed E-state index contributed by atoms with van der Waals surface area (Å²) in [6, 6.07) is 13.1. The Kier molecular flexibility index (Phi) is 6.93. The minimum absolute atomic E-state index is 0.0255. The van der Waals surface area contributed by atoms with Gasteiger partial charge in [-0.1, -0.05) is 6.07 Å². The number of carbonyl (C=O) groups is 1. The van der Waals surface area contributed by atoms with Gasteiger partial charge in [-0.2, -0.15) is 0 Å². The van der Waals surface area contributed by atoms with E-state index in [0.717, 1.165) is 34.3 Å². The number of benzene rings is 2. The van der Waals surface area contributed by atoms with Crippen LogP contribution in [0.3, 0.4) is 0 Å². The molecule has 0 aliphatic carbocycles. The van der Waals surface area contributed by atoms with Crippen molar-refractivity contribution in [2.24, 2.45) is 0 Å². The van der Waals surface area contributed by atoms with Crippen molar-refractivity contribution in [2.75, 3.05) is 31.7 Å². The van der Waals surface area contributed by atoms with Gasteiger partial charge in [-0.25, -0.2) is 15.0 Å². The lowest BCUT2D eigenvalue weighted by Gasteiger charge is -2.23. The monoisotopic (exact) mass is 526 g/mol. The molecule has 1 fully saturated rings. The number of rotatable bonds is 8. The molecule has 0 radical (unpaired) electrons. The molecule has 39 heavy (non-hydrogen) atoms. The summed E-state index contributed by atoms with van der Waals surface area (Å²) in [4.78, 5) is 25.6. The van der Waals surface area contributed by atoms with Crippen LogP contribution in [0.15, 0.2) is 61.4 Å². The van der Waals surface area contributed by atoms with Gasteiger partial charge in [0.25, 0.3) is 0 Å². The van der Waals surface area contributed by atoms with Crippen molar-refractivity contribution >= 4 is 34.0 Å². The Labute approximate surface area is 223 Å². The van der Waals surface area contributed by atoms with Crippen LogP contribution >= 0.6 is 0 Å². The Morgan fingerprint density at radius 3 is 2.97 bits per heavy atom. The third-order valence-electron chi connectivity index (χ3n) is 6.31. The fraction of sp³-hybridized carbons (Fsp3) is 0.259. The third kappa shape index (κ3) is 5.76. The van der Waals surface area contributed by atoms with E-state index in [2.05, 4.69) is 35.8 Å². The summed E-state index contributed by atoms with van der Waals surface area (Å²) in [5, 5.41) is 15.3. The summed E-state index contributed by atoms with van der Waals surface area (Å²) in [6.07, 6.45) is 4.84. The molecule has 3 aromatic heterocycles. The molecule has 4 heterocycles. The molecular formula is C27H26N8O4. The average molecular weight is 527 g/mol.